The first-order valence-electron chi connectivity index (χ1n) is 7.99. The number of hydrogen-bond acceptors (Lipinski definition) is 0. The number of rotatable bonds is 5. The summed E-state index contributed by atoms with van der Waals surface area (Å²) in [6, 6.07) is 10.0. The van der Waals surface area contributed by atoms with Gasteiger partial charge in [-0.15, -0.1) is 0 Å². The molecule has 0 aromatic heterocycles. The average molecular weight is 357 g/mol. The molecule has 1 aliphatic heterocycles. The second-order valence-electron chi connectivity index (χ2n) is 6.72. The second-order valence-corrected chi connectivity index (χ2v) is 12.7. The van der Waals surface area contributed by atoms with Crippen molar-refractivity contribution < 1.29 is 4.39 Å². The molecular formula is C17H26BrFSi. The molecule has 1 aliphatic rings. The van der Waals surface area contributed by atoms with Crippen molar-refractivity contribution in [3.63, 3.8) is 0 Å². The summed E-state index contributed by atoms with van der Waals surface area (Å²) in [5.74, 6) is 0.473. The lowest BCUT2D eigenvalue weighted by Crippen LogP contribution is -2.34. The van der Waals surface area contributed by atoms with Gasteiger partial charge in [-0.05, 0) is 52.4 Å². The lowest BCUT2D eigenvalue weighted by atomic mass is 9.93. The van der Waals surface area contributed by atoms with Crippen LogP contribution in [0.1, 0.15) is 50.5 Å². The monoisotopic (exact) mass is 356 g/mol. The van der Waals surface area contributed by atoms with Crippen LogP contribution in [0.5, 0.6) is 0 Å². The molecule has 20 heavy (non-hydrogen) atoms. The van der Waals surface area contributed by atoms with Gasteiger partial charge in [0.05, 0.1) is 12.5 Å². The van der Waals surface area contributed by atoms with Crippen LogP contribution < -0.4 is 0 Å². The van der Waals surface area contributed by atoms with E-state index in [0.717, 1.165) is 0 Å². The van der Waals surface area contributed by atoms with Crippen molar-refractivity contribution in [3.8, 4) is 0 Å². The van der Waals surface area contributed by atoms with E-state index in [1.165, 1.54) is 55.8 Å². The lowest BCUT2D eigenvalue weighted by molar-refractivity contribution is 0.578. The summed E-state index contributed by atoms with van der Waals surface area (Å²) in [7, 11) is -0.976. The van der Waals surface area contributed by atoms with Crippen LogP contribution in [-0.4, -0.2) is 8.07 Å². The van der Waals surface area contributed by atoms with Gasteiger partial charge in [0.25, 0.3) is 0 Å². The van der Waals surface area contributed by atoms with E-state index >= 15 is 0 Å². The topological polar surface area (TPSA) is 0 Å². The van der Waals surface area contributed by atoms with Gasteiger partial charge in [-0.1, -0.05) is 56.9 Å². The third kappa shape index (κ3) is 4.17. The van der Waals surface area contributed by atoms with Gasteiger partial charge in [-0.2, -0.15) is 0 Å². The first-order chi connectivity index (χ1) is 9.54. The highest BCUT2D eigenvalue weighted by Gasteiger charge is 2.32. The summed E-state index contributed by atoms with van der Waals surface area (Å²) >= 11 is 3.24. The predicted octanol–water partition coefficient (Wildman–Crippen LogP) is 6.73. The standard InChI is InChI=1S/C17H26BrFSi/c1-3-4-5-10-20(2)11-8-14(9-12-20)15-6-7-16(18)17(19)13-15/h6-7,13-14H,3-5,8-12H2,1-2H3/t14-,20-. The highest BCUT2D eigenvalue weighted by Crippen LogP contribution is 2.41. The molecule has 3 heteroatoms. The number of unbranched alkanes of at least 4 members (excludes halogenated alkanes) is 2. The molecule has 1 saturated heterocycles. The van der Waals surface area contributed by atoms with Gasteiger partial charge in [0.15, 0.2) is 0 Å². The number of halogens is 2. The fourth-order valence-electron chi connectivity index (χ4n) is 3.47. The van der Waals surface area contributed by atoms with E-state index in [-0.39, 0.29) is 5.82 Å². The first-order valence-corrected chi connectivity index (χ1v) is 11.9. The van der Waals surface area contributed by atoms with Gasteiger partial charge in [-0.3, -0.25) is 0 Å². The zero-order valence-corrected chi connectivity index (χ0v) is 15.3. The van der Waals surface area contributed by atoms with Crippen molar-refractivity contribution in [3.05, 3.63) is 34.1 Å². The first kappa shape index (κ1) is 16.2. The molecule has 1 aromatic rings. The van der Waals surface area contributed by atoms with Gasteiger partial charge < -0.3 is 0 Å². The molecule has 0 amide bonds. The largest absolute Gasteiger partial charge is 0.206 e. The van der Waals surface area contributed by atoms with Crippen LogP contribution in [0.3, 0.4) is 0 Å². The van der Waals surface area contributed by atoms with Gasteiger partial charge in [-0.25, -0.2) is 4.39 Å². The fourth-order valence-corrected chi connectivity index (χ4v) is 7.66. The highest BCUT2D eigenvalue weighted by molar-refractivity contribution is 9.10. The number of hydrogen-bond donors (Lipinski definition) is 0. The third-order valence-corrected chi connectivity index (χ3v) is 10.2. The highest BCUT2D eigenvalue weighted by atomic mass is 79.9. The van der Waals surface area contributed by atoms with Crippen molar-refractivity contribution >= 4 is 24.0 Å². The van der Waals surface area contributed by atoms with E-state index in [2.05, 4.69) is 35.5 Å². The molecule has 0 radical (unpaired) electrons. The van der Waals surface area contributed by atoms with E-state index in [0.29, 0.717) is 10.4 Å². The molecule has 0 spiro atoms. The van der Waals surface area contributed by atoms with E-state index in [1.807, 2.05) is 6.07 Å². The molecule has 0 nitrogen and oxygen atoms in total. The van der Waals surface area contributed by atoms with Crippen molar-refractivity contribution in [2.75, 3.05) is 0 Å². The summed E-state index contributed by atoms with van der Waals surface area (Å²) < 4.78 is 14.2. The molecule has 0 bridgehead atoms. The minimum absolute atomic E-state index is 0.115. The Kier molecular flexibility index (Phi) is 5.85. The minimum atomic E-state index is -0.976. The molecule has 0 atom stereocenters. The van der Waals surface area contributed by atoms with Crippen molar-refractivity contribution in [2.24, 2.45) is 0 Å². The maximum absolute atomic E-state index is 13.7. The Bertz CT molecular complexity index is 439. The molecule has 0 aliphatic carbocycles. The Morgan fingerprint density at radius 1 is 1.25 bits per heavy atom. The summed E-state index contributed by atoms with van der Waals surface area (Å²) in [4.78, 5) is 0. The summed E-state index contributed by atoms with van der Waals surface area (Å²) in [6.07, 6.45) is 6.69. The van der Waals surface area contributed by atoms with Crippen molar-refractivity contribution in [2.45, 2.75) is 69.6 Å². The Labute approximate surface area is 132 Å². The zero-order valence-electron chi connectivity index (χ0n) is 12.7. The summed E-state index contributed by atoms with van der Waals surface area (Å²) in [5, 5.41) is 0. The summed E-state index contributed by atoms with van der Waals surface area (Å²) in [5.41, 5.74) is 1.20. The zero-order chi connectivity index (χ0) is 14.6. The Hall–Kier alpha value is -0.153. The van der Waals surface area contributed by atoms with E-state index in [9.17, 15) is 4.39 Å². The molecular weight excluding hydrogens is 331 g/mol. The molecule has 0 saturated carbocycles. The van der Waals surface area contributed by atoms with Crippen molar-refractivity contribution in [1.82, 2.24) is 0 Å². The van der Waals surface area contributed by atoms with E-state index < -0.39 is 8.07 Å². The Morgan fingerprint density at radius 2 is 1.95 bits per heavy atom. The Morgan fingerprint density at radius 3 is 2.55 bits per heavy atom. The lowest BCUT2D eigenvalue weighted by Gasteiger charge is -2.36. The maximum Gasteiger partial charge on any atom is 0.137 e. The molecule has 0 unspecified atom stereocenters. The molecule has 112 valence electrons. The molecule has 1 aromatic carbocycles. The molecule has 2 rings (SSSR count). The smallest absolute Gasteiger partial charge is 0.137 e. The van der Waals surface area contributed by atoms with Crippen LogP contribution in [0.4, 0.5) is 4.39 Å². The van der Waals surface area contributed by atoms with Crippen LogP contribution in [0, 0.1) is 5.82 Å². The normalized spacial score (nSPS) is 26.7. The molecule has 0 N–H and O–H groups in total. The van der Waals surface area contributed by atoms with Crippen LogP contribution in [-0.2, 0) is 0 Å². The molecule has 1 fully saturated rings. The number of benzene rings is 1. The molecule has 1 heterocycles. The van der Waals surface area contributed by atoms with Crippen LogP contribution in [0.25, 0.3) is 0 Å². The van der Waals surface area contributed by atoms with Gasteiger partial charge in [0, 0.05) is 0 Å². The maximum atomic E-state index is 13.7. The van der Waals surface area contributed by atoms with Crippen molar-refractivity contribution in [1.29, 1.82) is 0 Å². The SMILES string of the molecule is CCCCC[Si@]1(C)CC[C@@H](c2ccc(Br)c(F)c2)CC1. The van der Waals surface area contributed by atoms with E-state index in [4.69, 9.17) is 0 Å². The average Bonchev–Trinajstić information content (AvgIpc) is 2.43. The minimum Gasteiger partial charge on any atom is -0.206 e. The van der Waals surface area contributed by atoms with E-state index in [1.54, 1.807) is 6.07 Å². The fraction of sp³-hybridized carbons (Fsp3) is 0.647. The third-order valence-electron chi connectivity index (χ3n) is 4.99. The summed E-state index contributed by atoms with van der Waals surface area (Å²) in [6.45, 7) is 4.86. The van der Waals surface area contributed by atoms with Crippen LogP contribution in [0.15, 0.2) is 22.7 Å². The quantitative estimate of drug-likeness (QED) is 0.405. The van der Waals surface area contributed by atoms with Gasteiger partial charge >= 0.3 is 0 Å². The predicted molar refractivity (Wildman–Crippen MR) is 91.6 cm³/mol. The second kappa shape index (κ2) is 7.21. The van der Waals surface area contributed by atoms with Crippen LogP contribution >= 0.6 is 15.9 Å². The Balaban J connectivity index is 1.91. The van der Waals surface area contributed by atoms with Gasteiger partial charge in [0.2, 0.25) is 0 Å². The van der Waals surface area contributed by atoms with Crippen LogP contribution in [0.2, 0.25) is 24.7 Å². The van der Waals surface area contributed by atoms with Gasteiger partial charge in [0.1, 0.15) is 5.82 Å².